The first kappa shape index (κ1) is 15.8. The van der Waals surface area contributed by atoms with E-state index in [1.165, 1.54) is 12.3 Å². The molecule has 7 nitrogen and oxygen atoms in total. The molecule has 0 bridgehead atoms. The molecule has 24 heavy (non-hydrogen) atoms. The number of aromatic carboxylic acids is 1. The monoisotopic (exact) mass is 347 g/mol. The lowest BCUT2D eigenvalue weighted by atomic mass is 10.1. The number of benzene rings is 1. The number of aromatic nitrogens is 3. The van der Waals surface area contributed by atoms with Crippen LogP contribution in [0, 0.1) is 5.82 Å². The van der Waals surface area contributed by atoms with Crippen LogP contribution < -0.4 is 11.2 Å². The number of hydrogen-bond donors (Lipinski definition) is 2. The normalized spacial score (nSPS) is 10.7. The smallest absolute Gasteiger partial charge is 0.336 e. The van der Waals surface area contributed by atoms with E-state index in [4.69, 9.17) is 0 Å². The van der Waals surface area contributed by atoms with E-state index in [1.54, 1.807) is 18.2 Å². The molecule has 2 heterocycles. The van der Waals surface area contributed by atoms with Crippen LogP contribution in [0.4, 0.5) is 4.39 Å². The van der Waals surface area contributed by atoms with Gasteiger partial charge in [-0.25, -0.2) is 14.6 Å². The highest BCUT2D eigenvalue weighted by atomic mass is 32.1. The van der Waals surface area contributed by atoms with Crippen molar-refractivity contribution in [1.29, 1.82) is 0 Å². The Morgan fingerprint density at radius 1 is 1.33 bits per heavy atom. The fourth-order valence-electron chi connectivity index (χ4n) is 2.16. The molecule has 0 saturated carbocycles. The Labute approximate surface area is 137 Å². The van der Waals surface area contributed by atoms with Crippen molar-refractivity contribution < 1.29 is 14.3 Å². The van der Waals surface area contributed by atoms with Gasteiger partial charge in [-0.3, -0.25) is 9.36 Å². The van der Waals surface area contributed by atoms with E-state index in [0.717, 1.165) is 11.3 Å². The number of aromatic amines is 1. The van der Waals surface area contributed by atoms with Gasteiger partial charge in [0.15, 0.2) is 0 Å². The van der Waals surface area contributed by atoms with Crippen LogP contribution in [0.15, 0.2) is 46.2 Å². The molecule has 0 radical (unpaired) electrons. The molecule has 0 amide bonds. The first-order valence-electron chi connectivity index (χ1n) is 6.73. The Morgan fingerprint density at radius 3 is 2.83 bits per heavy atom. The number of halogens is 1. The van der Waals surface area contributed by atoms with Gasteiger partial charge in [-0.15, -0.1) is 11.3 Å². The summed E-state index contributed by atoms with van der Waals surface area (Å²) in [7, 11) is 0. The van der Waals surface area contributed by atoms with Crippen LogP contribution in [-0.2, 0) is 6.54 Å². The highest BCUT2D eigenvalue weighted by Crippen LogP contribution is 2.29. The maximum absolute atomic E-state index is 13.3. The molecule has 0 unspecified atom stereocenters. The topological polar surface area (TPSA) is 105 Å². The van der Waals surface area contributed by atoms with Crippen LogP contribution in [0.1, 0.15) is 15.4 Å². The second kappa shape index (κ2) is 6.20. The summed E-state index contributed by atoms with van der Waals surface area (Å²) < 4.78 is 14.0. The van der Waals surface area contributed by atoms with Gasteiger partial charge in [-0.05, 0) is 6.07 Å². The van der Waals surface area contributed by atoms with Crippen LogP contribution in [0.5, 0.6) is 0 Å². The standard InChI is InChI=1S/C15H10FN3O4S/c16-10-5-18-15(23)19(13(10)20)7-12-17-6-11(24-12)8-3-1-2-4-9(8)14(21)22/h1-6H,7H2,(H,18,23)(H,21,22). The molecule has 0 aliphatic heterocycles. The number of thiazole rings is 1. The van der Waals surface area contributed by atoms with Crippen LogP contribution in [0.25, 0.3) is 10.4 Å². The van der Waals surface area contributed by atoms with Crippen LogP contribution in [0.3, 0.4) is 0 Å². The lowest BCUT2D eigenvalue weighted by Gasteiger charge is -2.02. The van der Waals surface area contributed by atoms with Crippen molar-refractivity contribution in [2.24, 2.45) is 0 Å². The second-order valence-corrected chi connectivity index (χ2v) is 5.92. The molecule has 2 N–H and O–H groups in total. The zero-order valence-electron chi connectivity index (χ0n) is 12.0. The van der Waals surface area contributed by atoms with Crippen molar-refractivity contribution in [2.45, 2.75) is 6.54 Å². The van der Waals surface area contributed by atoms with Crippen molar-refractivity contribution in [2.75, 3.05) is 0 Å². The predicted octanol–water partition coefficient (Wildman–Crippen LogP) is 1.55. The number of hydrogen-bond acceptors (Lipinski definition) is 5. The number of rotatable bonds is 4. The van der Waals surface area contributed by atoms with Crippen LogP contribution >= 0.6 is 11.3 Å². The highest BCUT2D eigenvalue weighted by molar-refractivity contribution is 7.15. The Balaban J connectivity index is 1.99. The van der Waals surface area contributed by atoms with Gasteiger partial charge in [0, 0.05) is 18.0 Å². The average Bonchev–Trinajstić information content (AvgIpc) is 3.03. The molecular formula is C15H10FN3O4S. The van der Waals surface area contributed by atoms with Crippen molar-refractivity contribution in [1.82, 2.24) is 14.5 Å². The minimum atomic E-state index is -1.07. The molecule has 0 aliphatic rings. The predicted molar refractivity (Wildman–Crippen MR) is 84.9 cm³/mol. The summed E-state index contributed by atoms with van der Waals surface area (Å²) >= 11 is 1.13. The molecule has 0 aliphatic carbocycles. The van der Waals surface area contributed by atoms with Crippen LogP contribution in [-0.4, -0.2) is 25.6 Å². The van der Waals surface area contributed by atoms with Crippen molar-refractivity contribution >= 4 is 17.3 Å². The molecule has 9 heteroatoms. The van der Waals surface area contributed by atoms with Crippen molar-refractivity contribution in [3.05, 3.63) is 73.9 Å². The van der Waals surface area contributed by atoms with E-state index in [2.05, 4.69) is 9.97 Å². The molecule has 1 aromatic carbocycles. The summed E-state index contributed by atoms with van der Waals surface area (Å²) in [5, 5.41) is 9.60. The Hall–Kier alpha value is -3.07. The van der Waals surface area contributed by atoms with Gasteiger partial charge in [0.1, 0.15) is 5.01 Å². The van der Waals surface area contributed by atoms with E-state index in [0.29, 0.717) is 26.2 Å². The van der Waals surface area contributed by atoms with E-state index in [9.17, 15) is 23.9 Å². The summed E-state index contributed by atoms with van der Waals surface area (Å²) in [5.74, 6) is -2.14. The molecular weight excluding hydrogens is 337 g/mol. The zero-order chi connectivity index (χ0) is 17.3. The van der Waals surface area contributed by atoms with Gasteiger partial charge < -0.3 is 10.1 Å². The Kier molecular flexibility index (Phi) is 4.09. The summed E-state index contributed by atoms with van der Waals surface area (Å²) in [5.41, 5.74) is -1.19. The maximum Gasteiger partial charge on any atom is 0.336 e. The summed E-state index contributed by atoms with van der Waals surface area (Å²) in [6.45, 7) is -0.203. The van der Waals surface area contributed by atoms with Crippen LogP contribution in [0.2, 0.25) is 0 Å². The number of carboxylic acid groups (broad SMARTS) is 1. The largest absolute Gasteiger partial charge is 0.478 e. The molecule has 0 atom stereocenters. The number of nitrogens with zero attached hydrogens (tertiary/aromatic N) is 2. The van der Waals surface area contributed by atoms with Crippen molar-refractivity contribution in [3.8, 4) is 10.4 Å². The molecule has 3 aromatic rings. The van der Waals surface area contributed by atoms with Gasteiger partial charge in [0.2, 0.25) is 5.82 Å². The number of H-pyrrole nitrogens is 1. The lowest BCUT2D eigenvalue weighted by molar-refractivity contribution is 0.0698. The summed E-state index contributed by atoms with van der Waals surface area (Å²) in [6, 6.07) is 6.42. The quantitative estimate of drug-likeness (QED) is 0.745. The number of carbonyl (C=O) groups is 1. The summed E-state index contributed by atoms with van der Waals surface area (Å²) in [4.78, 5) is 41.4. The highest BCUT2D eigenvalue weighted by Gasteiger charge is 2.15. The summed E-state index contributed by atoms with van der Waals surface area (Å²) in [6.07, 6.45) is 2.16. The molecule has 3 rings (SSSR count). The van der Waals surface area contributed by atoms with E-state index >= 15 is 0 Å². The Bertz CT molecular complexity index is 1040. The first-order valence-corrected chi connectivity index (χ1v) is 7.54. The SMILES string of the molecule is O=C(O)c1ccccc1-c1cnc(Cn2c(=O)[nH]cc(F)c2=O)s1. The fourth-order valence-corrected chi connectivity index (χ4v) is 3.10. The third-order valence-electron chi connectivity index (χ3n) is 3.29. The van der Waals surface area contributed by atoms with Gasteiger partial charge in [0.05, 0.1) is 17.0 Å². The minimum Gasteiger partial charge on any atom is -0.478 e. The van der Waals surface area contributed by atoms with E-state index in [1.807, 2.05) is 0 Å². The molecule has 0 saturated heterocycles. The van der Waals surface area contributed by atoms with Gasteiger partial charge in [-0.1, -0.05) is 18.2 Å². The van der Waals surface area contributed by atoms with Gasteiger partial charge >= 0.3 is 11.7 Å². The third-order valence-corrected chi connectivity index (χ3v) is 4.30. The number of nitrogens with one attached hydrogen (secondary N) is 1. The maximum atomic E-state index is 13.3. The number of carboxylic acids is 1. The molecule has 2 aromatic heterocycles. The minimum absolute atomic E-state index is 0.119. The average molecular weight is 347 g/mol. The molecule has 122 valence electrons. The zero-order valence-corrected chi connectivity index (χ0v) is 12.8. The van der Waals surface area contributed by atoms with Crippen molar-refractivity contribution in [3.63, 3.8) is 0 Å². The first-order chi connectivity index (χ1) is 11.5. The van der Waals surface area contributed by atoms with E-state index in [-0.39, 0.29) is 12.1 Å². The lowest BCUT2D eigenvalue weighted by Crippen LogP contribution is -2.36. The molecule has 0 fully saturated rings. The second-order valence-electron chi connectivity index (χ2n) is 4.80. The van der Waals surface area contributed by atoms with Gasteiger partial charge in [-0.2, -0.15) is 4.39 Å². The Morgan fingerprint density at radius 2 is 2.08 bits per heavy atom. The third kappa shape index (κ3) is 2.88. The molecule has 0 spiro atoms. The van der Waals surface area contributed by atoms with Gasteiger partial charge in [0.25, 0.3) is 5.56 Å². The van der Waals surface area contributed by atoms with E-state index < -0.39 is 23.0 Å². The fraction of sp³-hybridized carbons (Fsp3) is 0.0667.